The highest BCUT2D eigenvalue weighted by Gasteiger charge is 2.17. The maximum Gasteiger partial charge on any atom is 0.231 e. The topological polar surface area (TPSA) is 38.1 Å². The number of benzene rings is 2. The third-order valence-corrected chi connectivity index (χ3v) is 3.84. The molecular formula is C19H17F2N3O. The summed E-state index contributed by atoms with van der Waals surface area (Å²) in [5.41, 5.74) is 1.98. The van der Waals surface area contributed by atoms with Gasteiger partial charge < -0.3 is 4.90 Å². The predicted octanol–water partition coefficient (Wildman–Crippen LogP) is 3.75. The fourth-order valence-electron chi connectivity index (χ4n) is 2.60. The SMILES string of the molecule is CCN(C(=O)Cc1cnn(-c2ccccc2)c1)c1ccc(F)c(F)c1. The predicted molar refractivity (Wildman–Crippen MR) is 91.7 cm³/mol. The highest BCUT2D eigenvalue weighted by atomic mass is 19.2. The Bertz CT molecular complexity index is 877. The largest absolute Gasteiger partial charge is 0.312 e. The van der Waals surface area contributed by atoms with Crippen LogP contribution in [0.1, 0.15) is 12.5 Å². The quantitative estimate of drug-likeness (QED) is 0.709. The van der Waals surface area contributed by atoms with Crippen LogP contribution in [0.3, 0.4) is 0 Å². The van der Waals surface area contributed by atoms with Crippen molar-refractivity contribution in [3.63, 3.8) is 0 Å². The molecule has 1 aromatic heterocycles. The first-order valence-corrected chi connectivity index (χ1v) is 7.93. The van der Waals surface area contributed by atoms with Gasteiger partial charge in [0.25, 0.3) is 0 Å². The first kappa shape index (κ1) is 16.8. The van der Waals surface area contributed by atoms with Crippen LogP contribution in [0.15, 0.2) is 60.9 Å². The van der Waals surface area contributed by atoms with E-state index in [4.69, 9.17) is 0 Å². The van der Waals surface area contributed by atoms with Crippen molar-refractivity contribution in [1.29, 1.82) is 0 Å². The number of amides is 1. The van der Waals surface area contributed by atoms with E-state index in [0.29, 0.717) is 12.2 Å². The van der Waals surface area contributed by atoms with Crippen molar-refractivity contribution in [2.75, 3.05) is 11.4 Å². The van der Waals surface area contributed by atoms with Gasteiger partial charge in [-0.2, -0.15) is 5.10 Å². The van der Waals surface area contributed by atoms with E-state index in [2.05, 4.69) is 5.10 Å². The van der Waals surface area contributed by atoms with E-state index in [1.807, 2.05) is 30.3 Å². The third-order valence-electron chi connectivity index (χ3n) is 3.84. The number of rotatable bonds is 5. The Morgan fingerprint density at radius 2 is 1.88 bits per heavy atom. The van der Waals surface area contributed by atoms with Gasteiger partial charge in [0.2, 0.25) is 5.91 Å². The Balaban J connectivity index is 1.76. The first-order chi connectivity index (χ1) is 12.1. The number of carbonyl (C=O) groups excluding carboxylic acids is 1. The van der Waals surface area contributed by atoms with Crippen molar-refractivity contribution >= 4 is 11.6 Å². The number of aromatic nitrogens is 2. The van der Waals surface area contributed by atoms with E-state index in [1.165, 1.54) is 11.0 Å². The third kappa shape index (κ3) is 3.74. The van der Waals surface area contributed by atoms with Gasteiger partial charge in [0.15, 0.2) is 11.6 Å². The van der Waals surface area contributed by atoms with Crippen LogP contribution in [0.5, 0.6) is 0 Å². The van der Waals surface area contributed by atoms with Gasteiger partial charge in [-0.15, -0.1) is 0 Å². The Hall–Kier alpha value is -3.02. The molecule has 0 aliphatic rings. The van der Waals surface area contributed by atoms with E-state index in [0.717, 1.165) is 23.4 Å². The zero-order valence-electron chi connectivity index (χ0n) is 13.7. The van der Waals surface area contributed by atoms with E-state index in [9.17, 15) is 13.6 Å². The second-order valence-electron chi connectivity index (χ2n) is 5.54. The van der Waals surface area contributed by atoms with Crippen LogP contribution in [0.25, 0.3) is 5.69 Å². The molecule has 1 amide bonds. The molecule has 0 aliphatic carbocycles. The van der Waals surface area contributed by atoms with Crippen molar-refractivity contribution in [3.05, 3.63) is 78.1 Å². The van der Waals surface area contributed by atoms with Gasteiger partial charge >= 0.3 is 0 Å². The molecule has 4 nitrogen and oxygen atoms in total. The number of hydrogen-bond donors (Lipinski definition) is 0. The van der Waals surface area contributed by atoms with Gasteiger partial charge in [0.1, 0.15) is 0 Å². The Kier molecular flexibility index (Phi) is 4.88. The molecule has 0 unspecified atom stereocenters. The molecule has 3 aromatic rings. The molecule has 0 saturated carbocycles. The van der Waals surface area contributed by atoms with E-state index in [1.54, 1.807) is 24.0 Å². The van der Waals surface area contributed by atoms with Gasteiger partial charge in [-0.05, 0) is 36.8 Å². The molecule has 2 aromatic carbocycles. The zero-order chi connectivity index (χ0) is 17.8. The van der Waals surface area contributed by atoms with Crippen molar-refractivity contribution in [1.82, 2.24) is 9.78 Å². The number of nitrogens with zero attached hydrogens (tertiary/aromatic N) is 3. The molecule has 0 atom stereocenters. The summed E-state index contributed by atoms with van der Waals surface area (Å²) in [6.07, 6.45) is 3.54. The van der Waals surface area contributed by atoms with Crippen molar-refractivity contribution in [2.45, 2.75) is 13.3 Å². The number of para-hydroxylation sites is 1. The summed E-state index contributed by atoms with van der Waals surface area (Å²) in [5.74, 6) is -2.11. The average Bonchev–Trinajstić information content (AvgIpc) is 3.08. The van der Waals surface area contributed by atoms with Crippen LogP contribution in [0.4, 0.5) is 14.5 Å². The lowest BCUT2D eigenvalue weighted by atomic mass is 10.2. The lowest BCUT2D eigenvalue weighted by Crippen LogP contribution is -2.32. The summed E-state index contributed by atoms with van der Waals surface area (Å²) in [6.45, 7) is 2.14. The number of halogens is 2. The smallest absolute Gasteiger partial charge is 0.231 e. The average molecular weight is 341 g/mol. The number of hydrogen-bond acceptors (Lipinski definition) is 2. The fourth-order valence-corrected chi connectivity index (χ4v) is 2.60. The highest BCUT2D eigenvalue weighted by Crippen LogP contribution is 2.19. The monoisotopic (exact) mass is 341 g/mol. The fraction of sp³-hybridized carbons (Fsp3) is 0.158. The summed E-state index contributed by atoms with van der Waals surface area (Å²) < 4.78 is 28.2. The lowest BCUT2D eigenvalue weighted by molar-refractivity contribution is -0.117. The molecule has 1 heterocycles. The van der Waals surface area contributed by atoms with Gasteiger partial charge in [0, 0.05) is 24.5 Å². The maximum absolute atomic E-state index is 13.4. The van der Waals surface area contributed by atoms with Gasteiger partial charge in [-0.3, -0.25) is 4.79 Å². The number of anilines is 1. The van der Waals surface area contributed by atoms with Crippen LogP contribution in [0, 0.1) is 11.6 Å². The number of likely N-dealkylation sites (N-methyl/N-ethyl adjacent to an activating group) is 1. The Morgan fingerprint density at radius 1 is 1.12 bits per heavy atom. The second-order valence-corrected chi connectivity index (χ2v) is 5.54. The summed E-state index contributed by atoms with van der Waals surface area (Å²) in [4.78, 5) is 14.0. The Morgan fingerprint density at radius 3 is 2.56 bits per heavy atom. The molecule has 0 bridgehead atoms. The second kappa shape index (κ2) is 7.25. The molecule has 0 fully saturated rings. The van der Waals surface area contributed by atoms with E-state index < -0.39 is 11.6 Å². The van der Waals surface area contributed by atoms with Crippen molar-refractivity contribution < 1.29 is 13.6 Å². The standard InChI is InChI=1S/C19H17F2N3O/c1-2-23(16-8-9-17(20)18(21)11-16)19(25)10-14-12-22-24(13-14)15-6-4-3-5-7-15/h3-9,11-13H,2,10H2,1H3. The summed E-state index contributed by atoms with van der Waals surface area (Å²) in [7, 11) is 0. The minimum atomic E-state index is -0.972. The molecular weight excluding hydrogens is 324 g/mol. The summed E-state index contributed by atoms with van der Waals surface area (Å²) in [6, 6.07) is 13.0. The first-order valence-electron chi connectivity index (χ1n) is 7.93. The number of carbonyl (C=O) groups is 1. The Labute approximate surface area is 144 Å². The molecule has 0 radical (unpaired) electrons. The molecule has 0 saturated heterocycles. The highest BCUT2D eigenvalue weighted by molar-refractivity contribution is 5.94. The van der Waals surface area contributed by atoms with Crippen LogP contribution in [0.2, 0.25) is 0 Å². The maximum atomic E-state index is 13.4. The molecule has 0 aliphatic heterocycles. The minimum absolute atomic E-state index is 0.125. The van der Waals surface area contributed by atoms with E-state index >= 15 is 0 Å². The summed E-state index contributed by atoms with van der Waals surface area (Å²) >= 11 is 0. The van der Waals surface area contributed by atoms with Crippen molar-refractivity contribution in [2.24, 2.45) is 0 Å². The molecule has 25 heavy (non-hydrogen) atoms. The van der Waals surface area contributed by atoms with Crippen LogP contribution in [-0.4, -0.2) is 22.2 Å². The van der Waals surface area contributed by atoms with E-state index in [-0.39, 0.29) is 12.3 Å². The molecule has 0 spiro atoms. The van der Waals surface area contributed by atoms with Crippen LogP contribution < -0.4 is 4.90 Å². The van der Waals surface area contributed by atoms with Crippen molar-refractivity contribution in [3.8, 4) is 5.69 Å². The molecule has 0 N–H and O–H groups in total. The molecule has 128 valence electrons. The van der Waals surface area contributed by atoms with Gasteiger partial charge in [-0.1, -0.05) is 18.2 Å². The normalized spacial score (nSPS) is 10.7. The molecule has 3 rings (SSSR count). The lowest BCUT2D eigenvalue weighted by Gasteiger charge is -2.21. The van der Waals surface area contributed by atoms with Crippen LogP contribution >= 0.6 is 0 Å². The molecule has 6 heteroatoms. The van der Waals surface area contributed by atoms with Gasteiger partial charge in [-0.25, -0.2) is 13.5 Å². The van der Waals surface area contributed by atoms with Crippen LogP contribution in [-0.2, 0) is 11.2 Å². The summed E-state index contributed by atoms with van der Waals surface area (Å²) in [5, 5.41) is 4.26. The van der Waals surface area contributed by atoms with Gasteiger partial charge in [0.05, 0.1) is 18.3 Å². The zero-order valence-corrected chi connectivity index (χ0v) is 13.7. The minimum Gasteiger partial charge on any atom is -0.312 e.